The second-order valence-electron chi connectivity index (χ2n) is 8.45. The maximum absolute atomic E-state index is 15.8. The number of anilines is 1. The zero-order chi connectivity index (χ0) is 25.1. The third-order valence-electron chi connectivity index (χ3n) is 6.07. The summed E-state index contributed by atoms with van der Waals surface area (Å²) in [6, 6.07) is 2.67. The highest BCUT2D eigenvalue weighted by atomic mass is 32.2. The van der Waals surface area contributed by atoms with E-state index in [1.54, 1.807) is 13.0 Å². The number of rotatable bonds is 8. The van der Waals surface area contributed by atoms with Gasteiger partial charge in [0.15, 0.2) is 0 Å². The molecule has 0 aromatic carbocycles. The largest absolute Gasteiger partial charge is 0.387 e. The third-order valence-corrected chi connectivity index (χ3v) is 8.38. The highest BCUT2D eigenvalue weighted by Crippen LogP contribution is 2.40. The average molecular weight is 504 g/mol. The smallest absolute Gasteiger partial charge is 0.321 e. The number of halogens is 3. The molecule has 2 aromatic rings. The van der Waals surface area contributed by atoms with Gasteiger partial charge in [-0.05, 0) is 45.2 Å². The lowest BCUT2D eigenvalue weighted by Crippen LogP contribution is -2.48. The van der Waals surface area contributed by atoms with Gasteiger partial charge in [-0.25, -0.2) is 26.4 Å². The van der Waals surface area contributed by atoms with Crippen LogP contribution in [-0.4, -0.2) is 64.2 Å². The number of hydrogen-bond donors (Lipinski definition) is 3. The lowest BCUT2D eigenvalue weighted by Gasteiger charge is -2.37. The molecule has 1 saturated heterocycles. The van der Waals surface area contributed by atoms with E-state index in [4.69, 9.17) is 0 Å². The number of nitrogens with zero attached hydrogens (tertiary/aromatic N) is 3. The number of carbonyl (C=O) groups is 1. The summed E-state index contributed by atoms with van der Waals surface area (Å²) in [6.07, 6.45) is -1.65. The molecule has 0 saturated carbocycles. The summed E-state index contributed by atoms with van der Waals surface area (Å²) in [5, 5.41) is 15.7. The van der Waals surface area contributed by atoms with Gasteiger partial charge in [0.05, 0.1) is 17.5 Å². The van der Waals surface area contributed by atoms with Crippen molar-refractivity contribution >= 4 is 21.6 Å². The molecule has 0 radical (unpaired) electrons. The minimum absolute atomic E-state index is 0.0964. The number of pyridine rings is 1. The molecule has 2 aromatic heterocycles. The van der Waals surface area contributed by atoms with E-state index in [1.165, 1.54) is 17.2 Å². The zero-order valence-corrected chi connectivity index (χ0v) is 19.7. The van der Waals surface area contributed by atoms with Gasteiger partial charge in [0.1, 0.15) is 4.90 Å². The molecule has 0 bridgehead atoms. The van der Waals surface area contributed by atoms with Crippen LogP contribution in [0.4, 0.5) is 23.7 Å². The van der Waals surface area contributed by atoms with Crippen molar-refractivity contribution in [1.29, 1.82) is 0 Å². The highest BCUT2D eigenvalue weighted by molar-refractivity contribution is 7.92. The number of H-pyrrole nitrogens is 1. The van der Waals surface area contributed by atoms with E-state index in [0.717, 1.165) is 13.1 Å². The number of carbonyl (C=O) groups excluding carboxylic acids is 1. The van der Waals surface area contributed by atoms with Gasteiger partial charge in [-0.15, -0.1) is 0 Å². The Hall–Kier alpha value is -2.67. The normalized spacial score (nSPS) is 18.0. The minimum Gasteiger partial charge on any atom is -0.387 e. The van der Waals surface area contributed by atoms with E-state index in [-0.39, 0.29) is 38.0 Å². The molecular weight excluding hydrogens is 475 g/mol. The first-order valence-corrected chi connectivity index (χ1v) is 12.4. The fourth-order valence-electron chi connectivity index (χ4n) is 3.95. The Labute approximate surface area is 195 Å². The number of sulfone groups is 1. The van der Waals surface area contributed by atoms with Crippen LogP contribution in [0.15, 0.2) is 29.4 Å². The molecule has 1 aliphatic heterocycles. The molecule has 3 N–H and O–H groups in total. The number of aromatic amines is 1. The summed E-state index contributed by atoms with van der Waals surface area (Å²) >= 11 is 0. The Morgan fingerprint density at radius 3 is 2.68 bits per heavy atom. The van der Waals surface area contributed by atoms with Crippen LogP contribution in [0.25, 0.3) is 0 Å². The molecule has 13 heteroatoms. The Balaban J connectivity index is 1.65. The molecule has 188 valence electrons. The predicted molar refractivity (Wildman–Crippen MR) is 118 cm³/mol. The fourth-order valence-corrected chi connectivity index (χ4v) is 5.72. The first-order chi connectivity index (χ1) is 15.9. The van der Waals surface area contributed by atoms with Gasteiger partial charge in [0, 0.05) is 43.5 Å². The first kappa shape index (κ1) is 25.9. The van der Waals surface area contributed by atoms with Crippen LogP contribution in [0.1, 0.15) is 50.6 Å². The maximum Gasteiger partial charge on any atom is 0.321 e. The molecule has 1 aliphatic rings. The summed E-state index contributed by atoms with van der Waals surface area (Å²) < 4.78 is 67.0. The Bertz CT molecular complexity index is 1100. The molecule has 2 amide bonds. The molecule has 3 rings (SSSR count). The van der Waals surface area contributed by atoms with Crippen LogP contribution in [0.5, 0.6) is 0 Å². The van der Waals surface area contributed by atoms with Crippen molar-refractivity contribution in [2.24, 2.45) is 5.92 Å². The van der Waals surface area contributed by atoms with Gasteiger partial charge in [-0.3, -0.25) is 10.1 Å². The molecule has 9 nitrogen and oxygen atoms in total. The van der Waals surface area contributed by atoms with Crippen molar-refractivity contribution in [1.82, 2.24) is 20.1 Å². The molecule has 34 heavy (non-hydrogen) atoms. The molecule has 0 unspecified atom stereocenters. The second-order valence-corrected chi connectivity index (χ2v) is 10.7. The van der Waals surface area contributed by atoms with Crippen molar-refractivity contribution in [3.63, 3.8) is 0 Å². The third kappa shape index (κ3) is 5.52. The van der Waals surface area contributed by atoms with Gasteiger partial charge in [-0.1, -0.05) is 0 Å². The van der Waals surface area contributed by atoms with Crippen molar-refractivity contribution in [2.75, 3.05) is 18.4 Å². The number of aromatic nitrogens is 3. The monoisotopic (exact) mass is 503 g/mol. The molecule has 0 spiro atoms. The number of piperidine rings is 1. The van der Waals surface area contributed by atoms with Crippen LogP contribution in [0.3, 0.4) is 0 Å². The van der Waals surface area contributed by atoms with E-state index in [0.29, 0.717) is 11.4 Å². The van der Waals surface area contributed by atoms with E-state index in [1.807, 2.05) is 0 Å². The highest BCUT2D eigenvalue weighted by Gasteiger charge is 2.49. The molecule has 1 fully saturated rings. The summed E-state index contributed by atoms with van der Waals surface area (Å²) in [6.45, 7) is 2.78. The minimum atomic E-state index is -4.53. The second kappa shape index (κ2) is 10.3. The van der Waals surface area contributed by atoms with Crippen LogP contribution in [0.2, 0.25) is 0 Å². The molecule has 0 aliphatic carbocycles. The summed E-state index contributed by atoms with van der Waals surface area (Å²) in [5.41, 5.74) is 0.712. The lowest BCUT2D eigenvalue weighted by molar-refractivity contribution is 0.117. The molecule has 3 heterocycles. The Morgan fingerprint density at radius 1 is 1.38 bits per heavy atom. The number of likely N-dealkylation sites (tertiary alicyclic amines) is 1. The topological polar surface area (TPSA) is 128 Å². The van der Waals surface area contributed by atoms with Crippen molar-refractivity contribution < 1.29 is 31.5 Å². The standard InChI is InChI=1S/C21H28F3N5O4S/c1-13(30)17-11-15(5-8-25-17)27-20(31)29-9-6-14(7-10-29)21(2,24)34(32,33)18-12-26-28-16(18)3-4-19(22)23/h5,8,11-14,19,30H,3-4,6-7,9-10H2,1-2H3,(H,26,28)(H,25,27,31)/t13-,21-/m0/s1. The van der Waals surface area contributed by atoms with Gasteiger partial charge < -0.3 is 15.3 Å². The van der Waals surface area contributed by atoms with E-state index < -0.39 is 50.6 Å². The number of nitrogens with one attached hydrogen (secondary N) is 2. The van der Waals surface area contributed by atoms with Crippen LogP contribution >= 0.6 is 0 Å². The zero-order valence-electron chi connectivity index (χ0n) is 18.8. The lowest BCUT2D eigenvalue weighted by atomic mass is 9.92. The van der Waals surface area contributed by atoms with E-state index in [9.17, 15) is 27.1 Å². The van der Waals surface area contributed by atoms with Crippen molar-refractivity contribution in [3.05, 3.63) is 35.9 Å². The Morgan fingerprint density at radius 2 is 2.06 bits per heavy atom. The molecule has 2 atom stereocenters. The fraction of sp³-hybridized carbons (Fsp3) is 0.571. The molecular formula is C21H28F3N5O4S. The summed E-state index contributed by atoms with van der Waals surface area (Å²) in [7, 11) is -4.53. The van der Waals surface area contributed by atoms with Gasteiger partial charge in [0.2, 0.25) is 21.3 Å². The summed E-state index contributed by atoms with van der Waals surface area (Å²) in [4.78, 5) is 17.7. The maximum atomic E-state index is 15.8. The van der Waals surface area contributed by atoms with Crippen LogP contribution in [0, 0.1) is 5.92 Å². The van der Waals surface area contributed by atoms with Gasteiger partial charge in [0.25, 0.3) is 0 Å². The Kier molecular flexibility index (Phi) is 7.86. The first-order valence-electron chi connectivity index (χ1n) is 10.9. The van der Waals surface area contributed by atoms with E-state index in [2.05, 4.69) is 20.5 Å². The number of hydrogen-bond acceptors (Lipinski definition) is 6. The van der Waals surface area contributed by atoms with Gasteiger partial charge in [-0.2, -0.15) is 5.10 Å². The number of aliphatic hydroxyl groups is 1. The van der Waals surface area contributed by atoms with Crippen LogP contribution in [-0.2, 0) is 16.3 Å². The summed E-state index contributed by atoms with van der Waals surface area (Å²) in [5.74, 6) is -0.901. The number of alkyl halides is 3. The van der Waals surface area contributed by atoms with Crippen LogP contribution < -0.4 is 5.32 Å². The number of urea groups is 1. The number of aryl methyl sites for hydroxylation is 1. The quantitative estimate of drug-likeness (QED) is 0.506. The number of amides is 2. The van der Waals surface area contributed by atoms with E-state index >= 15 is 4.39 Å². The number of aliphatic hydroxyl groups excluding tert-OH is 1. The average Bonchev–Trinajstić information content (AvgIpc) is 3.27. The SMILES string of the molecule is C[C@H](O)c1cc(NC(=O)N2CCC([C@@](C)(F)S(=O)(=O)c3c[nH]nc3CCC(F)F)CC2)ccn1. The van der Waals surface area contributed by atoms with Crippen molar-refractivity contribution in [2.45, 2.75) is 62.0 Å². The van der Waals surface area contributed by atoms with Crippen molar-refractivity contribution in [3.8, 4) is 0 Å². The predicted octanol–water partition coefficient (Wildman–Crippen LogP) is 3.46. The van der Waals surface area contributed by atoms with Gasteiger partial charge >= 0.3 is 6.03 Å².